The number of cyclic esters (lactones) is 1. The van der Waals surface area contributed by atoms with Gasteiger partial charge < -0.3 is 59.0 Å². The second-order valence-electron chi connectivity index (χ2n) is 25.6. The minimum atomic E-state index is -2.02. The molecule has 3 saturated heterocycles. The Morgan fingerprint density at radius 2 is 1.34 bits per heavy atom. The van der Waals surface area contributed by atoms with Gasteiger partial charge in [0.2, 0.25) is 0 Å². The van der Waals surface area contributed by atoms with E-state index >= 15 is 0 Å². The number of hydrogen-bond acceptors (Lipinski definition) is 14. The van der Waals surface area contributed by atoms with Gasteiger partial charge in [-0.3, -0.25) is 9.59 Å². The summed E-state index contributed by atoms with van der Waals surface area (Å²) in [6.07, 6.45) is 4.23. The minimum absolute atomic E-state index is 0.108. The van der Waals surface area contributed by atoms with Crippen LogP contribution in [0.2, 0.25) is 0 Å². The van der Waals surface area contributed by atoms with Gasteiger partial charge in [0.1, 0.15) is 30.0 Å². The summed E-state index contributed by atoms with van der Waals surface area (Å²) >= 11 is 0. The third-order valence-corrected chi connectivity index (χ3v) is 24.1. The van der Waals surface area contributed by atoms with E-state index in [0.717, 1.165) is 38.5 Å². The third-order valence-electron chi connectivity index (χ3n) is 19.0. The van der Waals surface area contributed by atoms with Crippen LogP contribution in [0.3, 0.4) is 0 Å². The third kappa shape index (κ3) is 17.0. The molecule has 0 spiro atoms. The van der Waals surface area contributed by atoms with Gasteiger partial charge in [0.15, 0.2) is 6.29 Å². The average Bonchev–Trinajstić information content (AvgIpc) is 3.42. The van der Waals surface area contributed by atoms with Crippen molar-refractivity contribution in [3.63, 3.8) is 0 Å². The average molecular weight is 1150 g/mol. The maximum Gasteiger partial charge on any atom is 0.126 e. The van der Waals surface area contributed by atoms with E-state index in [1.807, 2.05) is 46.7 Å². The van der Waals surface area contributed by atoms with Gasteiger partial charge in [-0.15, -0.1) is 0 Å². The van der Waals surface area contributed by atoms with Crippen LogP contribution in [0.1, 0.15) is 159 Å². The number of nitrogens with zero attached hydrogens (tertiary/aromatic N) is 2. The summed E-state index contributed by atoms with van der Waals surface area (Å²) in [5.74, 6) is -3.62. The molecule has 15 nitrogen and oxygen atoms in total. The zero-order valence-corrected chi connectivity index (χ0v) is 52.6. The number of aliphatic hydroxyl groups is 5. The van der Waals surface area contributed by atoms with Gasteiger partial charge in [0.25, 0.3) is 0 Å². The smallest absolute Gasteiger partial charge is 0.126 e. The number of likely N-dealkylation sites (N-methyl/N-ethyl adjacent to an activating group) is 1. The van der Waals surface area contributed by atoms with Crippen molar-refractivity contribution in [1.82, 2.24) is 9.80 Å². The van der Waals surface area contributed by atoms with Crippen molar-refractivity contribution in [1.29, 1.82) is 0 Å². The number of carbonyl (C=O) groups is 2. The second-order valence-corrected chi connectivity index (χ2v) is 29.9. The van der Waals surface area contributed by atoms with Gasteiger partial charge in [-0.25, -0.2) is 0 Å². The van der Waals surface area contributed by atoms with Crippen molar-refractivity contribution in [3.05, 3.63) is 60.7 Å². The molecule has 3 aliphatic rings. The summed E-state index contributed by atoms with van der Waals surface area (Å²) in [5, 5.41) is 63.8. The van der Waals surface area contributed by atoms with Gasteiger partial charge in [-0.1, -0.05) is 27.7 Å². The van der Waals surface area contributed by atoms with E-state index in [0.29, 0.717) is 12.8 Å². The summed E-state index contributed by atoms with van der Waals surface area (Å²) < 4.78 is 37.8. The van der Waals surface area contributed by atoms with Crippen molar-refractivity contribution >= 4 is 29.7 Å². The molecule has 3 heterocycles. The number of methoxy groups -OCH3 is 2. The Bertz CT molecular complexity index is 2100. The van der Waals surface area contributed by atoms with Crippen molar-refractivity contribution < 1.29 is 63.5 Å². The molecule has 0 saturated carbocycles. The standard InChI is InChI=1S/C64H109N2O13P/c1-15-53-64(10,73)57(69)47(6)66(54(67)35-29-21-19-17-16-18-20-22-30-37-80(38-36-74-13,49-31-25-23-26-32-49)50-33-27-24-28-34-50)42-43(2)40-62(8,72)59(79-61-56(68)51(65(11)12)39-44(3)76-61)45(4)55(46(5)60(71)78-53)52-41-63(9,75-14)58(70)48(7)77-52/h23-28,31-34,43-48,51-53,55-59,61,68-70,72-73,80H,15-22,29-30,35-42H2,1-14H3/t43-,44-,45+,46-,47-,48+,51+,52-,53-,55?,56-,57-,58+,59-,61+,62-,63-,64-/m1/s1. The number of unbranched alkanes of at least 4 members (excludes halogenated alkanes) is 8. The van der Waals surface area contributed by atoms with E-state index in [9.17, 15) is 35.1 Å². The molecule has 2 aromatic rings. The topological polar surface area (TPSA) is 197 Å². The number of rotatable bonds is 23. The van der Waals surface area contributed by atoms with E-state index < -0.39 is 103 Å². The van der Waals surface area contributed by atoms with Crippen LogP contribution < -0.4 is 10.6 Å². The van der Waals surface area contributed by atoms with E-state index in [1.54, 1.807) is 46.6 Å². The Labute approximate surface area is 482 Å². The number of hydrogen-bond donors (Lipinski definition) is 5. The number of esters is 1. The molecular formula is C64H109N2O13P. The predicted molar refractivity (Wildman–Crippen MR) is 320 cm³/mol. The largest absolute Gasteiger partial charge is 0.388 e. The van der Waals surface area contributed by atoms with Crippen molar-refractivity contribution in [2.75, 3.05) is 53.8 Å². The van der Waals surface area contributed by atoms with Gasteiger partial charge in [0, 0.05) is 32.0 Å². The van der Waals surface area contributed by atoms with E-state index in [-0.39, 0.29) is 56.2 Å². The Morgan fingerprint density at radius 3 is 1.88 bits per heavy atom. The Kier molecular flexibility index (Phi) is 26.4. The molecule has 1 unspecified atom stereocenters. The molecule has 0 bridgehead atoms. The molecular weight excluding hydrogens is 1040 g/mol. The SMILES string of the molecule is CC[C@H]1OC(=O)[C@H](C)C([C@H]2C[C@@](C)(OC)[C@@H](O)[C@H](C)O2)[C@H](C)[C@@H](O[C@@H]2O[C@H](C)C[C@H](N(C)C)[C@H]2O)[C@](C)(O)C[C@@H](C)CN(C(=O)CCCCCCCCCCC[PH](CCOC)(c2ccccc2)c2ccccc2)[C@H](C)[C@@H](O)[C@]1(C)O. The molecule has 5 N–H and O–H groups in total. The summed E-state index contributed by atoms with van der Waals surface area (Å²) in [4.78, 5) is 33.0. The number of carbonyl (C=O) groups excluding carboxylic acids is 2. The number of amides is 1. The normalized spacial score (nSPS) is 36.5. The summed E-state index contributed by atoms with van der Waals surface area (Å²) in [6.45, 7) is 18.6. The van der Waals surface area contributed by atoms with Crippen LogP contribution in [0.25, 0.3) is 0 Å². The van der Waals surface area contributed by atoms with Gasteiger partial charge >= 0.3 is 185 Å². The molecule has 3 aliphatic heterocycles. The van der Waals surface area contributed by atoms with Crippen LogP contribution in [-0.2, 0) is 38.0 Å². The van der Waals surface area contributed by atoms with Crippen LogP contribution in [0.15, 0.2) is 60.7 Å². The van der Waals surface area contributed by atoms with Crippen LogP contribution in [0, 0.1) is 23.7 Å². The number of aliphatic hydroxyl groups excluding tert-OH is 3. The molecule has 18 atom stereocenters. The first kappa shape index (κ1) is 68.2. The molecule has 458 valence electrons. The Morgan fingerprint density at radius 1 is 0.775 bits per heavy atom. The molecule has 0 radical (unpaired) electrons. The van der Waals surface area contributed by atoms with Gasteiger partial charge in [-0.2, -0.15) is 0 Å². The van der Waals surface area contributed by atoms with E-state index in [2.05, 4.69) is 60.7 Å². The monoisotopic (exact) mass is 1140 g/mol. The summed E-state index contributed by atoms with van der Waals surface area (Å²) in [7, 11) is 5.11. The molecule has 80 heavy (non-hydrogen) atoms. The van der Waals surface area contributed by atoms with E-state index in [4.69, 9.17) is 28.4 Å². The first-order valence-corrected chi connectivity index (χ1v) is 33.0. The Balaban J connectivity index is 1.32. The predicted octanol–water partition coefficient (Wildman–Crippen LogP) is 8.02. The zero-order valence-electron chi connectivity index (χ0n) is 51.6. The molecule has 0 aromatic heterocycles. The van der Waals surface area contributed by atoms with Crippen LogP contribution in [0.4, 0.5) is 0 Å². The number of benzene rings is 2. The fourth-order valence-corrected chi connectivity index (χ4v) is 18.9. The fraction of sp³-hybridized carbons (Fsp3) is 0.781. The number of ether oxygens (including phenoxy) is 6. The summed E-state index contributed by atoms with van der Waals surface area (Å²) in [6, 6.07) is 20.9. The van der Waals surface area contributed by atoms with Gasteiger partial charge in [0.05, 0.1) is 47.6 Å². The molecule has 5 rings (SSSR count). The molecule has 2 aromatic carbocycles. The fourth-order valence-electron chi connectivity index (χ4n) is 14.1. The molecule has 3 fully saturated rings. The Hall–Kier alpha value is -2.63. The quantitative estimate of drug-likeness (QED) is 0.0408. The first-order valence-electron chi connectivity index (χ1n) is 30.6. The maximum atomic E-state index is 14.8. The molecule has 0 aliphatic carbocycles. The van der Waals surface area contributed by atoms with Crippen molar-refractivity contribution in [3.8, 4) is 0 Å². The molecule has 16 heteroatoms. The maximum absolute atomic E-state index is 14.8. The van der Waals surface area contributed by atoms with Crippen LogP contribution >= 0.6 is 7.26 Å². The van der Waals surface area contributed by atoms with Crippen molar-refractivity contribution in [2.24, 2.45) is 23.7 Å². The first-order chi connectivity index (χ1) is 37.8. The minimum Gasteiger partial charge on any atom is -0.388 e. The summed E-state index contributed by atoms with van der Waals surface area (Å²) in [5.41, 5.74) is -4.71. The van der Waals surface area contributed by atoms with E-state index in [1.165, 1.54) is 56.5 Å². The van der Waals surface area contributed by atoms with Gasteiger partial charge in [-0.05, 0) is 86.7 Å². The van der Waals surface area contributed by atoms with Crippen molar-refractivity contribution in [2.45, 2.75) is 243 Å². The molecule has 1 amide bonds. The van der Waals surface area contributed by atoms with Crippen LogP contribution in [-0.4, -0.2) is 185 Å². The second kappa shape index (κ2) is 31.0. The van der Waals surface area contributed by atoms with Crippen LogP contribution in [0.5, 0.6) is 0 Å². The zero-order chi connectivity index (χ0) is 59.2.